The minimum atomic E-state index is 0.194. The second kappa shape index (κ2) is 7.72. The predicted octanol–water partition coefficient (Wildman–Crippen LogP) is 4.17. The number of rotatable bonds is 5. The third kappa shape index (κ3) is 3.40. The molecule has 0 saturated heterocycles. The van der Waals surface area contributed by atoms with Gasteiger partial charge in [-0.2, -0.15) is 0 Å². The zero-order chi connectivity index (χ0) is 19.7. The Labute approximate surface area is 165 Å². The number of benzene rings is 1. The smallest absolute Gasteiger partial charge is 0.238 e. The number of methoxy groups -OCH3 is 2. The summed E-state index contributed by atoms with van der Waals surface area (Å²) < 4.78 is 19.4. The van der Waals surface area contributed by atoms with E-state index in [2.05, 4.69) is 11.2 Å². The highest BCUT2D eigenvalue weighted by Crippen LogP contribution is 2.40. The van der Waals surface area contributed by atoms with E-state index in [0.717, 1.165) is 53.5 Å². The highest BCUT2D eigenvalue weighted by atomic mass is 16.5. The van der Waals surface area contributed by atoms with Crippen molar-refractivity contribution < 1.29 is 14.2 Å². The van der Waals surface area contributed by atoms with Gasteiger partial charge in [0.15, 0.2) is 0 Å². The molecule has 6 heteroatoms. The van der Waals surface area contributed by atoms with Crippen LogP contribution in [0, 0.1) is 0 Å². The van der Waals surface area contributed by atoms with E-state index in [-0.39, 0.29) is 6.10 Å². The fourth-order valence-corrected chi connectivity index (χ4v) is 4.11. The summed E-state index contributed by atoms with van der Waals surface area (Å²) in [6, 6.07) is 7.86. The Morgan fingerprint density at radius 1 is 1.04 bits per heavy atom. The summed E-state index contributed by atoms with van der Waals surface area (Å²) in [6.07, 6.45) is 8.45. The van der Waals surface area contributed by atoms with Gasteiger partial charge in [0.1, 0.15) is 11.3 Å². The van der Waals surface area contributed by atoms with Crippen LogP contribution in [-0.4, -0.2) is 36.0 Å². The first kappa shape index (κ1) is 18.6. The van der Waals surface area contributed by atoms with Gasteiger partial charge in [0.05, 0.1) is 19.3 Å². The first-order chi connectivity index (χ1) is 13.6. The highest BCUT2D eigenvalue weighted by Gasteiger charge is 2.24. The lowest BCUT2D eigenvalue weighted by Crippen LogP contribution is -2.27. The molecule has 1 fully saturated rings. The third-order valence-electron chi connectivity index (χ3n) is 5.59. The van der Waals surface area contributed by atoms with Crippen LogP contribution in [-0.2, 0) is 11.8 Å². The molecule has 1 aromatic carbocycles. The van der Waals surface area contributed by atoms with Crippen molar-refractivity contribution in [2.24, 2.45) is 7.05 Å². The van der Waals surface area contributed by atoms with Gasteiger partial charge in [0.25, 0.3) is 0 Å². The lowest BCUT2D eigenvalue weighted by atomic mass is 9.94. The fourth-order valence-electron chi connectivity index (χ4n) is 4.11. The number of aryl methyl sites for hydroxylation is 1. The van der Waals surface area contributed by atoms with Crippen molar-refractivity contribution in [3.63, 3.8) is 0 Å². The summed E-state index contributed by atoms with van der Waals surface area (Å²) in [5, 5.41) is 1.06. The lowest BCUT2D eigenvalue weighted by Gasteiger charge is -2.28. The van der Waals surface area contributed by atoms with Crippen LogP contribution in [0.1, 0.15) is 25.7 Å². The second-order valence-electron chi connectivity index (χ2n) is 7.38. The highest BCUT2D eigenvalue weighted by molar-refractivity contribution is 5.99. The van der Waals surface area contributed by atoms with Crippen LogP contribution >= 0.6 is 0 Å². The topological polar surface area (TPSA) is 71.5 Å². The van der Waals surface area contributed by atoms with E-state index in [9.17, 15) is 0 Å². The first-order valence-electron chi connectivity index (χ1n) is 9.68. The molecule has 1 saturated carbocycles. The standard InChI is InChI=1S/C22H27N3O3/c1-25-13-19(17-10-11-24-22(27-3)21(17)25)18-12-14(23)4-9-20(18)28-16-7-5-15(26-2)6-8-16/h4,9-13,15-16H,5-8,23H2,1-3H3/t15-,16-. The molecule has 0 bridgehead atoms. The third-order valence-corrected chi connectivity index (χ3v) is 5.59. The lowest BCUT2D eigenvalue weighted by molar-refractivity contribution is 0.0329. The van der Waals surface area contributed by atoms with Gasteiger partial charge >= 0.3 is 0 Å². The summed E-state index contributed by atoms with van der Waals surface area (Å²) in [5.41, 5.74) is 9.84. The van der Waals surface area contributed by atoms with E-state index in [0.29, 0.717) is 17.7 Å². The molecule has 4 rings (SSSR count). The van der Waals surface area contributed by atoms with Gasteiger partial charge in [0, 0.05) is 48.8 Å². The van der Waals surface area contributed by atoms with Crippen LogP contribution in [0.25, 0.3) is 22.0 Å². The van der Waals surface area contributed by atoms with Crippen molar-refractivity contribution in [1.29, 1.82) is 0 Å². The van der Waals surface area contributed by atoms with Crippen LogP contribution in [0.15, 0.2) is 36.7 Å². The Morgan fingerprint density at radius 2 is 1.79 bits per heavy atom. The molecule has 0 spiro atoms. The largest absolute Gasteiger partial charge is 0.490 e. The number of hydrogen-bond donors (Lipinski definition) is 1. The Balaban J connectivity index is 1.73. The molecule has 1 aliphatic carbocycles. The fraction of sp³-hybridized carbons (Fsp3) is 0.409. The number of pyridine rings is 1. The molecule has 148 valence electrons. The molecule has 1 aliphatic rings. The van der Waals surface area contributed by atoms with Crippen LogP contribution in [0.2, 0.25) is 0 Å². The molecule has 2 heterocycles. The average molecular weight is 381 g/mol. The van der Waals surface area contributed by atoms with E-state index >= 15 is 0 Å². The van der Waals surface area contributed by atoms with Crippen LogP contribution < -0.4 is 15.2 Å². The summed E-state index contributed by atoms with van der Waals surface area (Å²) in [4.78, 5) is 4.33. The number of ether oxygens (including phenoxy) is 3. The van der Waals surface area contributed by atoms with Crippen LogP contribution in [0.4, 0.5) is 5.69 Å². The van der Waals surface area contributed by atoms with Gasteiger partial charge in [-0.25, -0.2) is 4.98 Å². The molecule has 2 aromatic heterocycles. The number of fused-ring (bicyclic) bond motifs is 1. The van der Waals surface area contributed by atoms with Gasteiger partial charge in [-0.1, -0.05) is 0 Å². The zero-order valence-corrected chi connectivity index (χ0v) is 16.6. The van der Waals surface area contributed by atoms with E-state index in [1.54, 1.807) is 20.4 Å². The molecule has 28 heavy (non-hydrogen) atoms. The number of nitrogen functional groups attached to an aromatic ring is 1. The molecular formula is C22H27N3O3. The summed E-state index contributed by atoms with van der Waals surface area (Å²) in [5.74, 6) is 1.47. The molecule has 0 unspecified atom stereocenters. The second-order valence-corrected chi connectivity index (χ2v) is 7.38. The number of nitrogens with zero attached hydrogens (tertiary/aromatic N) is 2. The van der Waals surface area contributed by atoms with Crippen molar-refractivity contribution in [3.05, 3.63) is 36.7 Å². The van der Waals surface area contributed by atoms with Gasteiger partial charge in [0.2, 0.25) is 5.88 Å². The molecule has 0 amide bonds. The maximum atomic E-state index is 6.44. The molecule has 0 aliphatic heterocycles. The first-order valence-corrected chi connectivity index (χ1v) is 9.68. The maximum absolute atomic E-state index is 6.44. The van der Waals surface area contributed by atoms with Gasteiger partial charge < -0.3 is 24.5 Å². The minimum absolute atomic E-state index is 0.194. The maximum Gasteiger partial charge on any atom is 0.238 e. The van der Waals surface area contributed by atoms with Crippen molar-refractivity contribution in [1.82, 2.24) is 9.55 Å². The van der Waals surface area contributed by atoms with E-state index in [4.69, 9.17) is 19.9 Å². The SMILES string of the molecule is COc1nccc2c(-c3cc(N)ccc3O[C@H]3CC[C@H](OC)CC3)cn(C)c12. The zero-order valence-electron chi connectivity index (χ0n) is 16.6. The normalized spacial score (nSPS) is 19.7. The van der Waals surface area contributed by atoms with E-state index < -0.39 is 0 Å². The van der Waals surface area contributed by atoms with Crippen molar-refractivity contribution >= 4 is 16.6 Å². The summed E-state index contributed by atoms with van der Waals surface area (Å²) in [7, 11) is 5.42. The predicted molar refractivity (Wildman–Crippen MR) is 111 cm³/mol. The summed E-state index contributed by atoms with van der Waals surface area (Å²) in [6.45, 7) is 0. The average Bonchev–Trinajstić information content (AvgIpc) is 3.06. The number of hydrogen-bond acceptors (Lipinski definition) is 5. The number of anilines is 1. The Kier molecular flexibility index (Phi) is 5.13. The number of aromatic nitrogens is 2. The Hall–Kier alpha value is -2.73. The van der Waals surface area contributed by atoms with Gasteiger partial charge in [-0.15, -0.1) is 0 Å². The van der Waals surface area contributed by atoms with Crippen molar-refractivity contribution in [2.75, 3.05) is 20.0 Å². The molecule has 6 nitrogen and oxygen atoms in total. The molecule has 2 N–H and O–H groups in total. The van der Waals surface area contributed by atoms with Gasteiger partial charge in [-0.05, 0) is 49.9 Å². The van der Waals surface area contributed by atoms with Crippen molar-refractivity contribution in [3.8, 4) is 22.8 Å². The van der Waals surface area contributed by atoms with Crippen LogP contribution in [0.5, 0.6) is 11.6 Å². The quantitative estimate of drug-likeness (QED) is 0.672. The molecule has 0 atom stereocenters. The summed E-state index contributed by atoms with van der Waals surface area (Å²) >= 11 is 0. The van der Waals surface area contributed by atoms with Crippen molar-refractivity contribution in [2.45, 2.75) is 37.9 Å². The minimum Gasteiger partial charge on any atom is -0.490 e. The Bertz CT molecular complexity index is 975. The molecule has 0 radical (unpaired) electrons. The molecule has 3 aromatic rings. The number of nitrogens with two attached hydrogens (primary N) is 1. The Morgan fingerprint density at radius 3 is 2.50 bits per heavy atom. The van der Waals surface area contributed by atoms with E-state index in [1.165, 1.54) is 0 Å². The van der Waals surface area contributed by atoms with E-state index in [1.807, 2.05) is 35.9 Å². The van der Waals surface area contributed by atoms with Gasteiger partial charge in [-0.3, -0.25) is 0 Å². The van der Waals surface area contributed by atoms with Crippen LogP contribution in [0.3, 0.4) is 0 Å². The molecular weight excluding hydrogens is 354 g/mol. The monoisotopic (exact) mass is 381 g/mol.